The first-order valence-electron chi connectivity index (χ1n) is 5.45. The number of nitrogens with zero attached hydrogens (tertiary/aromatic N) is 1. The highest BCUT2D eigenvalue weighted by molar-refractivity contribution is 9.10. The Morgan fingerprint density at radius 2 is 2.06 bits per heavy atom. The largest absolute Gasteiger partial charge is 0.394 e. The van der Waals surface area contributed by atoms with Gasteiger partial charge in [-0.15, -0.1) is 0 Å². The minimum atomic E-state index is -0.557. The van der Waals surface area contributed by atoms with Gasteiger partial charge in [-0.25, -0.2) is 0 Å². The van der Waals surface area contributed by atoms with Crippen LogP contribution in [0.2, 0.25) is 0 Å². The van der Waals surface area contributed by atoms with Crippen molar-refractivity contribution in [3.63, 3.8) is 0 Å². The number of hydrogen-bond acceptors (Lipinski definition) is 2. The number of halogens is 1. The molecule has 0 spiro atoms. The van der Waals surface area contributed by atoms with E-state index in [4.69, 9.17) is 0 Å². The Hall–Kier alpha value is -0.870. The van der Waals surface area contributed by atoms with Gasteiger partial charge < -0.3 is 10.0 Å². The molecule has 0 heterocycles. The topological polar surface area (TPSA) is 40.5 Å². The number of aryl methyl sites for hydroxylation is 1. The zero-order valence-corrected chi connectivity index (χ0v) is 12.2. The molecule has 0 aliphatic rings. The van der Waals surface area contributed by atoms with Gasteiger partial charge in [0.15, 0.2) is 0 Å². The highest BCUT2D eigenvalue weighted by Crippen LogP contribution is 2.20. The maximum atomic E-state index is 12.2. The van der Waals surface area contributed by atoms with Crippen LogP contribution >= 0.6 is 15.9 Å². The van der Waals surface area contributed by atoms with E-state index in [1.165, 1.54) is 0 Å². The quantitative estimate of drug-likeness (QED) is 0.932. The molecule has 0 fully saturated rings. The van der Waals surface area contributed by atoms with E-state index in [0.717, 1.165) is 10.0 Å². The second kappa shape index (κ2) is 5.19. The molecule has 0 radical (unpaired) electrons. The van der Waals surface area contributed by atoms with E-state index in [9.17, 15) is 9.90 Å². The first kappa shape index (κ1) is 14.2. The summed E-state index contributed by atoms with van der Waals surface area (Å²) in [7, 11) is 1.70. The highest BCUT2D eigenvalue weighted by atomic mass is 79.9. The normalized spacial score (nSPS) is 11.4. The minimum Gasteiger partial charge on any atom is -0.394 e. The van der Waals surface area contributed by atoms with Crippen molar-refractivity contribution < 1.29 is 9.90 Å². The minimum absolute atomic E-state index is 0.0647. The molecule has 1 aromatic rings. The summed E-state index contributed by atoms with van der Waals surface area (Å²) in [5.41, 5.74) is 1.10. The molecule has 1 amide bonds. The van der Waals surface area contributed by atoms with Crippen LogP contribution in [-0.4, -0.2) is 35.1 Å². The third-order valence-corrected chi connectivity index (χ3v) is 3.89. The molecule has 94 valence electrons. The second-order valence-electron chi connectivity index (χ2n) is 4.80. The Bertz CT molecular complexity index is 429. The summed E-state index contributed by atoms with van der Waals surface area (Å²) in [5, 5.41) is 9.26. The average molecular weight is 300 g/mol. The van der Waals surface area contributed by atoms with Gasteiger partial charge in [0.2, 0.25) is 0 Å². The van der Waals surface area contributed by atoms with E-state index in [2.05, 4.69) is 15.9 Å². The fourth-order valence-electron chi connectivity index (χ4n) is 1.35. The van der Waals surface area contributed by atoms with Crippen molar-refractivity contribution in [3.8, 4) is 0 Å². The highest BCUT2D eigenvalue weighted by Gasteiger charge is 2.27. The number of carbonyl (C=O) groups excluding carboxylic acids is 1. The summed E-state index contributed by atoms with van der Waals surface area (Å²) in [5.74, 6) is -0.0837. The predicted molar refractivity (Wildman–Crippen MR) is 72.1 cm³/mol. The van der Waals surface area contributed by atoms with Crippen LogP contribution in [0.1, 0.15) is 29.8 Å². The van der Waals surface area contributed by atoms with Crippen molar-refractivity contribution in [2.24, 2.45) is 0 Å². The third-order valence-electron chi connectivity index (χ3n) is 3.00. The van der Waals surface area contributed by atoms with Crippen molar-refractivity contribution in [2.75, 3.05) is 13.7 Å². The number of aliphatic hydroxyl groups excluding tert-OH is 1. The smallest absolute Gasteiger partial charge is 0.254 e. The molecule has 1 rings (SSSR count). The number of amides is 1. The number of rotatable bonds is 3. The molecule has 0 bridgehead atoms. The lowest BCUT2D eigenvalue weighted by Gasteiger charge is -2.34. The van der Waals surface area contributed by atoms with Gasteiger partial charge in [0.05, 0.1) is 12.1 Å². The predicted octanol–water partition coefficient (Wildman–Crippen LogP) is 2.60. The van der Waals surface area contributed by atoms with Gasteiger partial charge in [-0.1, -0.05) is 15.9 Å². The molecular weight excluding hydrogens is 282 g/mol. The molecule has 0 aliphatic heterocycles. The number of aliphatic hydroxyl groups is 1. The molecule has 1 aromatic carbocycles. The van der Waals surface area contributed by atoms with Crippen LogP contribution in [0.15, 0.2) is 22.7 Å². The molecular formula is C13H18BrNO2. The van der Waals surface area contributed by atoms with Crippen LogP contribution < -0.4 is 0 Å². The summed E-state index contributed by atoms with van der Waals surface area (Å²) < 4.78 is 0.984. The Morgan fingerprint density at radius 1 is 1.47 bits per heavy atom. The first-order chi connectivity index (χ1) is 7.79. The summed E-state index contributed by atoms with van der Waals surface area (Å²) in [6.45, 7) is 5.54. The van der Waals surface area contributed by atoms with Gasteiger partial charge in [0.25, 0.3) is 5.91 Å². The summed E-state index contributed by atoms with van der Waals surface area (Å²) in [4.78, 5) is 13.8. The fourth-order valence-corrected chi connectivity index (χ4v) is 1.60. The van der Waals surface area contributed by atoms with Gasteiger partial charge in [0, 0.05) is 17.1 Å². The lowest BCUT2D eigenvalue weighted by atomic mass is 10.0. The van der Waals surface area contributed by atoms with Gasteiger partial charge in [-0.2, -0.15) is 0 Å². The number of hydrogen-bond donors (Lipinski definition) is 1. The van der Waals surface area contributed by atoms with Crippen molar-refractivity contribution in [1.29, 1.82) is 0 Å². The van der Waals surface area contributed by atoms with Crippen LogP contribution in [0.5, 0.6) is 0 Å². The summed E-state index contributed by atoms with van der Waals surface area (Å²) in [6, 6.07) is 5.49. The fraction of sp³-hybridized carbons (Fsp3) is 0.462. The molecule has 1 N–H and O–H groups in total. The molecule has 0 aliphatic carbocycles. The van der Waals surface area contributed by atoms with Crippen LogP contribution in [0.3, 0.4) is 0 Å². The molecule has 0 unspecified atom stereocenters. The van der Waals surface area contributed by atoms with Gasteiger partial charge in [0.1, 0.15) is 0 Å². The van der Waals surface area contributed by atoms with E-state index in [-0.39, 0.29) is 12.5 Å². The van der Waals surface area contributed by atoms with Gasteiger partial charge in [-0.3, -0.25) is 4.79 Å². The molecule has 17 heavy (non-hydrogen) atoms. The van der Waals surface area contributed by atoms with Crippen LogP contribution in [0.25, 0.3) is 0 Å². The van der Waals surface area contributed by atoms with Crippen molar-refractivity contribution in [2.45, 2.75) is 26.3 Å². The summed E-state index contributed by atoms with van der Waals surface area (Å²) in [6.07, 6.45) is 0. The van der Waals surface area contributed by atoms with Crippen molar-refractivity contribution in [3.05, 3.63) is 33.8 Å². The number of benzene rings is 1. The Kier molecular flexibility index (Phi) is 4.33. The molecule has 0 atom stereocenters. The molecule has 0 saturated carbocycles. The van der Waals surface area contributed by atoms with Crippen molar-refractivity contribution in [1.82, 2.24) is 4.90 Å². The monoisotopic (exact) mass is 299 g/mol. The van der Waals surface area contributed by atoms with E-state index < -0.39 is 5.54 Å². The van der Waals surface area contributed by atoms with E-state index in [1.54, 1.807) is 18.0 Å². The SMILES string of the molecule is Cc1cc(C(=O)N(C)C(C)(C)CO)ccc1Br. The molecule has 0 aromatic heterocycles. The standard InChI is InChI=1S/C13H18BrNO2/c1-9-7-10(5-6-11(9)14)12(17)15(4)13(2,3)8-16/h5-7,16H,8H2,1-4H3. The lowest BCUT2D eigenvalue weighted by Crippen LogP contribution is -2.47. The zero-order valence-electron chi connectivity index (χ0n) is 10.6. The Balaban J connectivity index is 3.01. The molecule has 4 heteroatoms. The number of likely N-dealkylation sites (N-methyl/N-ethyl adjacent to an activating group) is 1. The maximum absolute atomic E-state index is 12.2. The van der Waals surface area contributed by atoms with Crippen LogP contribution in [-0.2, 0) is 0 Å². The third kappa shape index (κ3) is 3.07. The molecule has 0 saturated heterocycles. The van der Waals surface area contributed by atoms with Crippen LogP contribution in [0, 0.1) is 6.92 Å². The maximum Gasteiger partial charge on any atom is 0.254 e. The first-order valence-corrected chi connectivity index (χ1v) is 6.24. The second-order valence-corrected chi connectivity index (χ2v) is 5.65. The van der Waals surface area contributed by atoms with E-state index >= 15 is 0 Å². The average Bonchev–Trinajstić information content (AvgIpc) is 2.30. The molecule has 3 nitrogen and oxygen atoms in total. The zero-order chi connectivity index (χ0) is 13.2. The Labute approximate surface area is 111 Å². The Morgan fingerprint density at radius 3 is 2.53 bits per heavy atom. The van der Waals surface area contributed by atoms with E-state index in [0.29, 0.717) is 5.56 Å². The van der Waals surface area contributed by atoms with Crippen LogP contribution in [0.4, 0.5) is 0 Å². The van der Waals surface area contributed by atoms with Gasteiger partial charge in [-0.05, 0) is 44.5 Å². The lowest BCUT2D eigenvalue weighted by molar-refractivity contribution is 0.0473. The van der Waals surface area contributed by atoms with Gasteiger partial charge >= 0.3 is 0 Å². The van der Waals surface area contributed by atoms with E-state index in [1.807, 2.05) is 32.9 Å². The summed E-state index contributed by atoms with van der Waals surface area (Å²) >= 11 is 3.40. The van der Waals surface area contributed by atoms with Crippen molar-refractivity contribution >= 4 is 21.8 Å². The number of carbonyl (C=O) groups is 1.